The first-order chi connectivity index (χ1) is 8.96. The maximum absolute atomic E-state index is 11.9. The molecule has 11 nitrogen and oxygen atoms in total. The molecule has 8 N–H and O–H groups in total. The van der Waals surface area contributed by atoms with E-state index in [1.807, 2.05) is 0 Å². The molecular weight excluding hydrogens is 292 g/mol. The van der Waals surface area contributed by atoms with Crippen LogP contribution in [0.25, 0.3) is 0 Å². The molecule has 124 valence electrons. The Hall–Kier alpha value is -1.05. The number of nitrogens with zero attached hydrogens (tertiary/aromatic N) is 1. The van der Waals surface area contributed by atoms with Crippen LogP contribution in [0.3, 0.4) is 0 Å². The largest absolute Gasteiger partial charge is 0.443 e. The van der Waals surface area contributed by atoms with E-state index in [4.69, 9.17) is 4.74 Å². The van der Waals surface area contributed by atoms with E-state index in [-0.39, 0.29) is 0 Å². The molecule has 1 amide bonds. The highest BCUT2D eigenvalue weighted by molar-refractivity contribution is 5.70. The van der Waals surface area contributed by atoms with Gasteiger partial charge in [0.1, 0.15) is 5.60 Å². The summed E-state index contributed by atoms with van der Waals surface area (Å²) >= 11 is 0. The summed E-state index contributed by atoms with van der Waals surface area (Å²) in [5, 5.41) is 69.2. The van der Waals surface area contributed by atoms with Crippen molar-refractivity contribution in [3.8, 4) is 0 Å². The van der Waals surface area contributed by atoms with Gasteiger partial charge in [0.25, 0.3) is 0 Å². The Balaban J connectivity index is 3.37. The number of hydrogen-bond acceptors (Lipinski definition) is 10. The fourth-order valence-electron chi connectivity index (χ4n) is 1.66. The number of piperazine rings is 1. The van der Waals surface area contributed by atoms with Crippen LogP contribution in [-0.4, -0.2) is 75.8 Å². The van der Waals surface area contributed by atoms with Crippen LogP contribution in [0.2, 0.25) is 0 Å². The summed E-state index contributed by atoms with van der Waals surface area (Å²) in [5.41, 5.74) is -4.13. The SMILES string of the molecule is CC(C)(C)OC(=O)N1C(O)(O)C(C)(O)NC(O)(O)C1(O)O. The molecule has 11 heteroatoms. The summed E-state index contributed by atoms with van der Waals surface area (Å²) in [4.78, 5) is 11.3. The van der Waals surface area contributed by atoms with Crippen molar-refractivity contribution >= 4 is 6.09 Å². The minimum absolute atomic E-state index is 0.609. The van der Waals surface area contributed by atoms with Gasteiger partial charge in [0.15, 0.2) is 5.72 Å². The van der Waals surface area contributed by atoms with E-state index in [2.05, 4.69) is 0 Å². The number of nitrogens with one attached hydrogen (secondary N) is 1. The molecule has 1 aliphatic rings. The van der Waals surface area contributed by atoms with Gasteiger partial charge in [-0.2, -0.15) is 4.90 Å². The molecule has 0 aromatic heterocycles. The molecular formula is C10H20N2O9. The molecule has 0 radical (unpaired) electrons. The first-order valence-electron chi connectivity index (χ1n) is 5.85. The average molecular weight is 312 g/mol. The lowest BCUT2D eigenvalue weighted by Gasteiger charge is -2.56. The summed E-state index contributed by atoms with van der Waals surface area (Å²) in [6.45, 7) is 4.83. The monoisotopic (exact) mass is 312 g/mol. The zero-order chi connectivity index (χ0) is 17.1. The molecule has 1 fully saturated rings. The van der Waals surface area contributed by atoms with E-state index >= 15 is 0 Å². The van der Waals surface area contributed by atoms with Gasteiger partial charge in [0.2, 0.25) is 0 Å². The Morgan fingerprint density at radius 1 is 1.00 bits per heavy atom. The van der Waals surface area contributed by atoms with Crippen molar-refractivity contribution in [3.05, 3.63) is 0 Å². The molecule has 1 atom stereocenters. The summed E-state index contributed by atoms with van der Waals surface area (Å²) < 4.78 is 4.72. The third-order valence-corrected chi connectivity index (χ3v) is 2.74. The van der Waals surface area contributed by atoms with Gasteiger partial charge < -0.3 is 40.5 Å². The Labute approximate surface area is 119 Å². The quantitative estimate of drug-likeness (QED) is 0.208. The van der Waals surface area contributed by atoms with Crippen molar-refractivity contribution < 1.29 is 45.3 Å². The number of rotatable bonds is 0. The Morgan fingerprint density at radius 2 is 1.43 bits per heavy atom. The molecule has 0 bridgehead atoms. The predicted octanol–water partition coefficient (Wildman–Crippen LogP) is -3.55. The van der Waals surface area contributed by atoms with Crippen LogP contribution in [0.5, 0.6) is 0 Å². The van der Waals surface area contributed by atoms with Gasteiger partial charge in [-0.1, -0.05) is 0 Å². The summed E-state index contributed by atoms with van der Waals surface area (Å²) in [6.07, 6.45) is -1.73. The van der Waals surface area contributed by atoms with E-state index in [9.17, 15) is 40.5 Å². The molecule has 0 aromatic rings. The van der Waals surface area contributed by atoms with Crippen LogP contribution in [0.15, 0.2) is 0 Å². The van der Waals surface area contributed by atoms with Crippen LogP contribution >= 0.6 is 0 Å². The number of ether oxygens (including phenoxy) is 1. The number of aliphatic hydroxyl groups is 7. The van der Waals surface area contributed by atoms with Gasteiger partial charge >= 0.3 is 23.8 Å². The lowest BCUT2D eigenvalue weighted by atomic mass is 10.0. The summed E-state index contributed by atoms with van der Waals surface area (Å²) in [7, 11) is 0. The molecule has 0 saturated carbocycles. The molecule has 1 aliphatic heterocycles. The number of carbonyl (C=O) groups is 1. The third kappa shape index (κ3) is 2.82. The minimum atomic E-state index is -3.93. The highest BCUT2D eigenvalue weighted by Crippen LogP contribution is 2.38. The van der Waals surface area contributed by atoms with Gasteiger partial charge in [0, 0.05) is 0 Å². The van der Waals surface area contributed by atoms with Crippen molar-refractivity contribution in [1.82, 2.24) is 10.2 Å². The fourth-order valence-corrected chi connectivity index (χ4v) is 1.66. The summed E-state index contributed by atoms with van der Waals surface area (Å²) in [6, 6.07) is 0. The van der Waals surface area contributed by atoms with E-state index < -0.39 is 40.1 Å². The van der Waals surface area contributed by atoms with E-state index in [1.54, 1.807) is 0 Å². The molecule has 0 spiro atoms. The maximum Gasteiger partial charge on any atom is 0.419 e. The second kappa shape index (κ2) is 4.47. The van der Waals surface area contributed by atoms with E-state index in [0.717, 1.165) is 0 Å². The first-order valence-corrected chi connectivity index (χ1v) is 5.85. The van der Waals surface area contributed by atoms with Gasteiger partial charge in [-0.05, 0) is 27.7 Å². The molecule has 0 aliphatic carbocycles. The minimum Gasteiger partial charge on any atom is -0.443 e. The van der Waals surface area contributed by atoms with Crippen molar-refractivity contribution in [1.29, 1.82) is 0 Å². The zero-order valence-corrected chi connectivity index (χ0v) is 11.9. The van der Waals surface area contributed by atoms with Crippen LogP contribution < -0.4 is 5.32 Å². The third-order valence-electron chi connectivity index (χ3n) is 2.74. The van der Waals surface area contributed by atoms with E-state index in [0.29, 0.717) is 6.92 Å². The zero-order valence-electron chi connectivity index (χ0n) is 11.9. The van der Waals surface area contributed by atoms with Gasteiger partial charge in [-0.3, -0.25) is 0 Å². The van der Waals surface area contributed by atoms with E-state index in [1.165, 1.54) is 26.1 Å². The topological polar surface area (TPSA) is 183 Å². The lowest BCUT2D eigenvalue weighted by Crippen LogP contribution is -2.89. The van der Waals surface area contributed by atoms with Crippen LogP contribution in [0, 0.1) is 0 Å². The predicted molar refractivity (Wildman–Crippen MR) is 63.3 cm³/mol. The number of amides is 1. The summed E-state index contributed by atoms with van der Waals surface area (Å²) in [5.74, 6) is -11.3. The van der Waals surface area contributed by atoms with Crippen LogP contribution in [0.4, 0.5) is 4.79 Å². The van der Waals surface area contributed by atoms with Gasteiger partial charge in [-0.25, -0.2) is 10.1 Å². The van der Waals surface area contributed by atoms with Crippen molar-refractivity contribution in [2.24, 2.45) is 0 Å². The number of hydrogen-bond donors (Lipinski definition) is 8. The highest BCUT2D eigenvalue weighted by Gasteiger charge is 2.73. The average Bonchev–Trinajstić information content (AvgIpc) is 2.08. The van der Waals surface area contributed by atoms with Gasteiger partial charge in [0.05, 0.1) is 0 Å². The molecule has 1 heterocycles. The molecule has 21 heavy (non-hydrogen) atoms. The Morgan fingerprint density at radius 3 is 1.81 bits per heavy atom. The second-order valence-corrected chi connectivity index (χ2v) is 5.96. The molecule has 1 saturated heterocycles. The van der Waals surface area contributed by atoms with Crippen molar-refractivity contribution in [2.45, 2.75) is 56.8 Å². The van der Waals surface area contributed by atoms with Gasteiger partial charge in [-0.15, -0.1) is 0 Å². The smallest absolute Gasteiger partial charge is 0.419 e. The lowest BCUT2D eigenvalue weighted by molar-refractivity contribution is -0.523. The Bertz CT molecular complexity index is 412. The van der Waals surface area contributed by atoms with Crippen LogP contribution in [0.1, 0.15) is 27.7 Å². The number of carbonyl (C=O) groups excluding carboxylic acids is 1. The van der Waals surface area contributed by atoms with Crippen molar-refractivity contribution in [3.63, 3.8) is 0 Å². The van der Waals surface area contributed by atoms with Crippen LogP contribution in [-0.2, 0) is 4.74 Å². The molecule has 0 aromatic carbocycles. The standard InChI is InChI=1S/C10H20N2O9/c1-6(2,3)21-5(13)12-9(17,18)7(4,14)11-8(15,16)10(12,19)20/h11,14-20H,1-4H3. The molecule has 1 unspecified atom stereocenters. The van der Waals surface area contributed by atoms with Crippen molar-refractivity contribution in [2.75, 3.05) is 0 Å². The fraction of sp³-hybridized carbons (Fsp3) is 0.900. The normalized spacial score (nSPS) is 30.9. The maximum atomic E-state index is 11.9. The first kappa shape index (κ1) is 18.0. The Kier molecular flexibility index (Phi) is 3.83. The second-order valence-electron chi connectivity index (χ2n) is 5.96. The molecule has 1 rings (SSSR count). The highest BCUT2D eigenvalue weighted by atomic mass is 16.7.